The first-order chi connectivity index (χ1) is 18.4. The van der Waals surface area contributed by atoms with E-state index in [1.165, 1.54) is 17.4 Å². The number of ether oxygens (including phenoxy) is 1. The molecule has 3 aliphatic carbocycles. The van der Waals surface area contributed by atoms with E-state index in [9.17, 15) is 9.50 Å². The Morgan fingerprint density at radius 3 is 2.71 bits per heavy atom. The fourth-order valence-electron chi connectivity index (χ4n) is 6.20. The molecule has 6 nitrogen and oxygen atoms in total. The van der Waals surface area contributed by atoms with Crippen molar-refractivity contribution in [3.8, 4) is 17.3 Å². The molecule has 0 amide bonds. The van der Waals surface area contributed by atoms with Gasteiger partial charge >= 0.3 is 0 Å². The fourth-order valence-corrected chi connectivity index (χ4v) is 7.97. The monoisotopic (exact) mass is 569 g/mol. The molecule has 4 unspecified atom stereocenters. The van der Waals surface area contributed by atoms with Crippen molar-refractivity contribution in [3.05, 3.63) is 68.1 Å². The van der Waals surface area contributed by atoms with Gasteiger partial charge in [0.1, 0.15) is 27.6 Å². The Hall–Kier alpha value is -2.54. The molecule has 0 spiro atoms. The second-order valence-corrected chi connectivity index (χ2v) is 12.4. The SMILES string of the molecule is N#Cc1cc(F)c2nc(C3(O)CC4CC3CC4OCc3c(-c4c(Cl)cccc4Cl)noc3C3CC3)sc2c1. The normalized spacial score (nSPS) is 26.3. The average molecular weight is 570 g/mol. The van der Waals surface area contributed by atoms with Gasteiger partial charge in [0.25, 0.3) is 0 Å². The van der Waals surface area contributed by atoms with Crippen LogP contribution in [0, 0.1) is 29.0 Å². The number of rotatable bonds is 6. The number of hydrogen-bond acceptors (Lipinski definition) is 7. The fraction of sp³-hybridized carbons (Fsp3) is 0.393. The first-order valence-electron chi connectivity index (χ1n) is 12.6. The van der Waals surface area contributed by atoms with Gasteiger partial charge in [0.05, 0.1) is 39.1 Å². The zero-order valence-electron chi connectivity index (χ0n) is 20.1. The molecule has 1 N–H and O–H groups in total. The van der Waals surface area contributed by atoms with Gasteiger partial charge in [0.2, 0.25) is 0 Å². The number of benzene rings is 2. The van der Waals surface area contributed by atoms with Gasteiger partial charge in [-0.25, -0.2) is 9.37 Å². The quantitative estimate of drug-likeness (QED) is 0.261. The summed E-state index contributed by atoms with van der Waals surface area (Å²) in [6.45, 7) is 0.321. The minimum absolute atomic E-state index is 0.0342. The Morgan fingerprint density at radius 2 is 2.03 bits per heavy atom. The molecule has 2 bridgehead atoms. The first kappa shape index (κ1) is 24.5. The Labute approximate surface area is 231 Å². The van der Waals surface area contributed by atoms with E-state index < -0.39 is 11.4 Å². The summed E-state index contributed by atoms with van der Waals surface area (Å²) in [6, 6.07) is 10.1. The summed E-state index contributed by atoms with van der Waals surface area (Å²) in [5.41, 5.74) is 1.48. The van der Waals surface area contributed by atoms with Crippen LogP contribution >= 0.6 is 34.5 Å². The highest BCUT2D eigenvalue weighted by molar-refractivity contribution is 7.18. The van der Waals surface area contributed by atoms with Crippen molar-refractivity contribution in [2.24, 2.45) is 11.8 Å². The van der Waals surface area contributed by atoms with E-state index in [2.05, 4.69) is 10.1 Å². The van der Waals surface area contributed by atoms with E-state index in [1.54, 1.807) is 24.3 Å². The topological polar surface area (TPSA) is 92.2 Å². The number of nitrogens with zero attached hydrogens (tertiary/aromatic N) is 3. The number of halogens is 3. The van der Waals surface area contributed by atoms with Crippen LogP contribution in [0.4, 0.5) is 4.39 Å². The number of aromatic nitrogens is 2. The molecule has 2 aromatic carbocycles. The van der Waals surface area contributed by atoms with Gasteiger partial charge in [0, 0.05) is 17.0 Å². The maximum Gasteiger partial charge on any atom is 0.151 e. The number of hydrogen-bond donors (Lipinski definition) is 1. The lowest BCUT2D eigenvalue weighted by atomic mass is 9.83. The molecule has 38 heavy (non-hydrogen) atoms. The number of thiazole rings is 1. The molecular formula is C28H22Cl2FN3O3S. The highest BCUT2D eigenvalue weighted by atomic mass is 35.5. The molecule has 2 aromatic heterocycles. The van der Waals surface area contributed by atoms with Crippen molar-refractivity contribution in [2.75, 3.05) is 0 Å². The summed E-state index contributed by atoms with van der Waals surface area (Å²) in [4.78, 5) is 4.47. The summed E-state index contributed by atoms with van der Waals surface area (Å²) in [5.74, 6) is 0.739. The van der Waals surface area contributed by atoms with Crippen LogP contribution in [0.2, 0.25) is 10.0 Å². The molecular weight excluding hydrogens is 548 g/mol. The first-order valence-corrected chi connectivity index (χ1v) is 14.2. The van der Waals surface area contributed by atoms with Crippen molar-refractivity contribution < 1.29 is 18.8 Å². The molecule has 3 fully saturated rings. The molecule has 3 aliphatic rings. The zero-order chi connectivity index (χ0) is 26.2. The van der Waals surface area contributed by atoms with Gasteiger partial charge in [-0.3, -0.25) is 0 Å². The second kappa shape index (κ2) is 9.00. The van der Waals surface area contributed by atoms with Crippen LogP contribution < -0.4 is 0 Å². The third-order valence-corrected chi connectivity index (χ3v) is 10.0. The maximum absolute atomic E-state index is 14.5. The van der Waals surface area contributed by atoms with E-state index in [0.717, 1.165) is 30.6 Å². The van der Waals surface area contributed by atoms with Crippen LogP contribution in [0.3, 0.4) is 0 Å². The number of nitriles is 1. The van der Waals surface area contributed by atoms with E-state index in [1.807, 2.05) is 6.07 Å². The summed E-state index contributed by atoms with van der Waals surface area (Å²) in [6.07, 6.45) is 4.06. The van der Waals surface area contributed by atoms with E-state index in [0.29, 0.717) is 56.4 Å². The van der Waals surface area contributed by atoms with E-state index >= 15 is 0 Å². The Morgan fingerprint density at radius 1 is 1.24 bits per heavy atom. The van der Waals surface area contributed by atoms with Crippen LogP contribution in [-0.2, 0) is 16.9 Å². The Kier molecular flexibility index (Phi) is 5.80. The van der Waals surface area contributed by atoms with Crippen LogP contribution in [0.5, 0.6) is 0 Å². The van der Waals surface area contributed by atoms with Gasteiger partial charge in [-0.15, -0.1) is 11.3 Å². The van der Waals surface area contributed by atoms with Crippen LogP contribution in [0.25, 0.3) is 21.5 Å². The Bertz CT molecular complexity index is 1610. The molecule has 7 rings (SSSR count). The largest absolute Gasteiger partial charge is 0.382 e. The van der Waals surface area contributed by atoms with E-state index in [-0.39, 0.29) is 29.0 Å². The molecule has 0 radical (unpaired) electrons. The third kappa shape index (κ3) is 3.87. The van der Waals surface area contributed by atoms with Crippen LogP contribution in [0.15, 0.2) is 34.9 Å². The van der Waals surface area contributed by atoms with Gasteiger partial charge in [0.15, 0.2) is 5.82 Å². The highest BCUT2D eigenvalue weighted by Crippen LogP contribution is 2.57. The third-order valence-electron chi connectivity index (χ3n) is 8.23. The summed E-state index contributed by atoms with van der Waals surface area (Å²) in [7, 11) is 0. The van der Waals surface area contributed by atoms with Crippen molar-refractivity contribution in [1.82, 2.24) is 10.1 Å². The molecule has 0 saturated heterocycles. The van der Waals surface area contributed by atoms with Crippen molar-refractivity contribution in [2.45, 2.75) is 56.3 Å². The molecule has 3 saturated carbocycles. The zero-order valence-corrected chi connectivity index (χ0v) is 22.4. The van der Waals surface area contributed by atoms with Crippen LogP contribution in [-0.4, -0.2) is 21.4 Å². The maximum atomic E-state index is 14.5. The molecule has 4 aromatic rings. The molecule has 194 valence electrons. The number of aliphatic hydroxyl groups is 1. The minimum Gasteiger partial charge on any atom is -0.382 e. The molecule has 10 heteroatoms. The van der Waals surface area contributed by atoms with E-state index in [4.69, 9.17) is 37.7 Å². The van der Waals surface area contributed by atoms with Crippen molar-refractivity contribution >= 4 is 44.8 Å². The highest BCUT2D eigenvalue weighted by Gasteiger charge is 2.57. The second-order valence-electron chi connectivity index (χ2n) is 10.6. The predicted octanol–water partition coefficient (Wildman–Crippen LogP) is 7.35. The lowest BCUT2D eigenvalue weighted by Gasteiger charge is -2.34. The van der Waals surface area contributed by atoms with Gasteiger partial charge < -0.3 is 14.4 Å². The molecule has 4 atom stereocenters. The summed E-state index contributed by atoms with van der Waals surface area (Å²) in [5, 5.41) is 26.7. The Balaban J connectivity index is 1.12. The van der Waals surface area contributed by atoms with Crippen molar-refractivity contribution in [3.63, 3.8) is 0 Å². The van der Waals surface area contributed by atoms with Gasteiger partial charge in [-0.2, -0.15) is 5.26 Å². The smallest absolute Gasteiger partial charge is 0.151 e. The average Bonchev–Trinajstić information content (AvgIpc) is 3.21. The summed E-state index contributed by atoms with van der Waals surface area (Å²) < 4.78 is 27.3. The lowest BCUT2D eigenvalue weighted by Crippen LogP contribution is -2.37. The summed E-state index contributed by atoms with van der Waals surface area (Å²) >= 11 is 14.2. The van der Waals surface area contributed by atoms with Gasteiger partial charge in [-0.05, 0) is 68.2 Å². The number of fused-ring (bicyclic) bond motifs is 3. The van der Waals surface area contributed by atoms with Gasteiger partial charge in [-0.1, -0.05) is 34.4 Å². The molecule has 0 aliphatic heterocycles. The van der Waals surface area contributed by atoms with Crippen molar-refractivity contribution in [1.29, 1.82) is 5.26 Å². The lowest BCUT2D eigenvalue weighted by molar-refractivity contribution is -0.0726. The standard InChI is InChI=1S/C28H22Cl2FN3O3S/c29-18-2-1-3-19(30)23(18)24-17(26(37-34-24)14-4-5-14)12-36-21-9-16-8-15(21)10-28(16,35)27-33-25-20(31)6-13(11-32)7-22(25)38-27/h1-3,6-7,14-16,21,35H,4-5,8-10,12H2. The minimum atomic E-state index is -1.12. The molecule has 2 heterocycles. The predicted molar refractivity (Wildman–Crippen MR) is 142 cm³/mol. The van der Waals surface area contributed by atoms with Crippen LogP contribution in [0.1, 0.15) is 59.9 Å².